The van der Waals surface area contributed by atoms with Gasteiger partial charge in [-0.2, -0.15) is 0 Å². The summed E-state index contributed by atoms with van der Waals surface area (Å²) in [5, 5.41) is 3.49. The van der Waals surface area contributed by atoms with Crippen molar-refractivity contribution < 1.29 is 9.18 Å². The minimum atomic E-state index is -0.534. The molecule has 122 valence electrons. The Labute approximate surface area is 143 Å². The maximum atomic E-state index is 13.2. The summed E-state index contributed by atoms with van der Waals surface area (Å²) in [6.07, 6.45) is 1.46. The molecule has 0 radical (unpaired) electrons. The van der Waals surface area contributed by atoms with Crippen LogP contribution >= 0.6 is 11.6 Å². The van der Waals surface area contributed by atoms with Crippen molar-refractivity contribution in [3.8, 4) is 0 Å². The topological polar surface area (TPSA) is 58.1 Å². The lowest BCUT2D eigenvalue weighted by molar-refractivity contribution is 0.102. The Hall–Kier alpha value is -2.73. The largest absolute Gasteiger partial charge is 0.362 e. The normalized spacial score (nSPS) is 10.7. The summed E-state index contributed by atoms with van der Waals surface area (Å²) in [7, 11) is 3.78. The zero-order valence-electron chi connectivity index (χ0n) is 13.0. The fourth-order valence-corrected chi connectivity index (χ4v) is 2.50. The standard InChI is InChI=1S/C17H14ClFN4O/c1-23(2)16-12-5-3-10(7-15(12)20-9-21-16)17(24)22-11-4-6-14(19)13(18)8-11/h3-9H,1-2H3,(H,22,24). The van der Waals surface area contributed by atoms with Gasteiger partial charge in [0.15, 0.2) is 0 Å². The predicted octanol–water partition coefficient (Wildman–Crippen LogP) is 3.74. The van der Waals surface area contributed by atoms with Gasteiger partial charge in [0.1, 0.15) is 18.0 Å². The average molecular weight is 345 g/mol. The lowest BCUT2D eigenvalue weighted by atomic mass is 10.1. The number of carbonyl (C=O) groups excluding carboxylic acids is 1. The van der Waals surface area contributed by atoms with Crippen molar-refractivity contribution in [2.45, 2.75) is 0 Å². The van der Waals surface area contributed by atoms with Crippen LogP contribution < -0.4 is 10.2 Å². The van der Waals surface area contributed by atoms with Gasteiger partial charge in [-0.15, -0.1) is 0 Å². The molecule has 0 saturated heterocycles. The van der Waals surface area contributed by atoms with Crippen molar-refractivity contribution >= 4 is 39.9 Å². The van der Waals surface area contributed by atoms with Crippen LogP contribution in [-0.4, -0.2) is 30.0 Å². The lowest BCUT2D eigenvalue weighted by Gasteiger charge is -2.13. The van der Waals surface area contributed by atoms with Crippen LogP contribution in [0.5, 0.6) is 0 Å². The highest BCUT2D eigenvalue weighted by Crippen LogP contribution is 2.23. The number of rotatable bonds is 3. The van der Waals surface area contributed by atoms with Crippen molar-refractivity contribution in [3.05, 3.63) is 59.1 Å². The fraction of sp³-hybridized carbons (Fsp3) is 0.118. The molecule has 5 nitrogen and oxygen atoms in total. The minimum Gasteiger partial charge on any atom is -0.362 e. The number of nitrogens with one attached hydrogen (secondary N) is 1. The van der Waals surface area contributed by atoms with E-state index in [9.17, 15) is 9.18 Å². The molecule has 2 aromatic carbocycles. The average Bonchev–Trinajstić information content (AvgIpc) is 2.57. The Balaban J connectivity index is 1.91. The highest BCUT2D eigenvalue weighted by molar-refractivity contribution is 6.31. The number of aromatic nitrogens is 2. The molecule has 0 spiro atoms. The summed E-state index contributed by atoms with van der Waals surface area (Å²) in [5.41, 5.74) is 1.52. The van der Waals surface area contributed by atoms with Crippen molar-refractivity contribution in [3.63, 3.8) is 0 Å². The molecule has 0 aliphatic carbocycles. The van der Waals surface area contributed by atoms with Crippen molar-refractivity contribution in [1.29, 1.82) is 0 Å². The Morgan fingerprint density at radius 2 is 1.96 bits per heavy atom. The smallest absolute Gasteiger partial charge is 0.255 e. The summed E-state index contributed by atoms with van der Waals surface area (Å²) in [4.78, 5) is 22.7. The first-order chi connectivity index (χ1) is 11.5. The number of carbonyl (C=O) groups is 1. The summed E-state index contributed by atoms with van der Waals surface area (Å²) >= 11 is 5.72. The van der Waals surface area contributed by atoms with Gasteiger partial charge in [-0.25, -0.2) is 14.4 Å². The van der Waals surface area contributed by atoms with E-state index in [0.29, 0.717) is 16.8 Å². The third-order valence-electron chi connectivity index (χ3n) is 3.48. The van der Waals surface area contributed by atoms with Crippen molar-refractivity contribution in [1.82, 2.24) is 9.97 Å². The Kier molecular flexibility index (Phi) is 4.31. The molecule has 3 rings (SSSR count). The van der Waals surface area contributed by atoms with E-state index >= 15 is 0 Å². The van der Waals surface area contributed by atoms with Crippen LogP contribution in [0.15, 0.2) is 42.7 Å². The van der Waals surface area contributed by atoms with E-state index < -0.39 is 5.82 Å². The van der Waals surface area contributed by atoms with Gasteiger partial charge in [0.25, 0.3) is 5.91 Å². The van der Waals surface area contributed by atoms with Gasteiger partial charge in [-0.05, 0) is 36.4 Å². The quantitative estimate of drug-likeness (QED) is 0.786. The third kappa shape index (κ3) is 3.14. The summed E-state index contributed by atoms with van der Waals surface area (Å²) in [6, 6.07) is 9.20. The van der Waals surface area contributed by atoms with Gasteiger partial charge in [0, 0.05) is 30.7 Å². The first-order valence-corrected chi connectivity index (χ1v) is 7.52. The highest BCUT2D eigenvalue weighted by Gasteiger charge is 2.11. The van der Waals surface area contributed by atoms with E-state index in [2.05, 4.69) is 15.3 Å². The predicted molar refractivity (Wildman–Crippen MR) is 93.2 cm³/mol. The monoisotopic (exact) mass is 344 g/mol. The lowest BCUT2D eigenvalue weighted by Crippen LogP contribution is -2.13. The third-order valence-corrected chi connectivity index (χ3v) is 3.77. The van der Waals surface area contributed by atoms with Crippen LogP contribution in [0.2, 0.25) is 5.02 Å². The molecule has 1 heterocycles. The maximum absolute atomic E-state index is 13.2. The molecule has 1 N–H and O–H groups in total. The number of hydrogen-bond donors (Lipinski definition) is 1. The van der Waals surface area contributed by atoms with Crippen LogP contribution in [0.4, 0.5) is 15.9 Å². The molecule has 0 fully saturated rings. The van der Waals surface area contributed by atoms with Gasteiger partial charge in [-0.3, -0.25) is 4.79 Å². The first-order valence-electron chi connectivity index (χ1n) is 7.14. The van der Waals surface area contributed by atoms with Gasteiger partial charge < -0.3 is 10.2 Å². The van der Waals surface area contributed by atoms with E-state index in [4.69, 9.17) is 11.6 Å². The SMILES string of the molecule is CN(C)c1ncnc2cc(C(=O)Nc3ccc(F)c(Cl)c3)ccc12. The second-order valence-corrected chi connectivity index (χ2v) is 5.81. The number of benzene rings is 2. The van der Waals surface area contributed by atoms with E-state index in [0.717, 1.165) is 11.2 Å². The number of halogens is 2. The second kappa shape index (κ2) is 6.41. The summed E-state index contributed by atoms with van der Waals surface area (Å²) in [6.45, 7) is 0. The second-order valence-electron chi connectivity index (χ2n) is 5.41. The minimum absolute atomic E-state index is 0.0466. The zero-order chi connectivity index (χ0) is 17.3. The molecule has 7 heteroatoms. The van der Waals surface area contributed by atoms with Gasteiger partial charge >= 0.3 is 0 Å². The molecule has 24 heavy (non-hydrogen) atoms. The van der Waals surface area contributed by atoms with Gasteiger partial charge in [0.05, 0.1) is 10.5 Å². The molecule has 1 amide bonds. The highest BCUT2D eigenvalue weighted by atomic mass is 35.5. The fourth-order valence-electron chi connectivity index (χ4n) is 2.32. The van der Waals surface area contributed by atoms with Crippen LogP contribution in [0.3, 0.4) is 0 Å². The molecule has 1 aromatic heterocycles. The Morgan fingerprint density at radius 3 is 2.67 bits per heavy atom. The number of fused-ring (bicyclic) bond motifs is 1. The molecule has 0 saturated carbocycles. The van der Waals surface area contributed by atoms with Gasteiger partial charge in [-0.1, -0.05) is 11.6 Å². The van der Waals surface area contributed by atoms with Crippen molar-refractivity contribution in [2.24, 2.45) is 0 Å². The van der Waals surface area contributed by atoms with Gasteiger partial charge in [0.2, 0.25) is 0 Å². The number of amides is 1. The molecule has 0 aliphatic rings. The molecule has 0 bridgehead atoms. The summed E-state index contributed by atoms with van der Waals surface area (Å²) < 4.78 is 13.2. The van der Waals surface area contributed by atoms with Crippen LogP contribution in [0, 0.1) is 5.82 Å². The molecule has 0 aliphatic heterocycles. The van der Waals surface area contributed by atoms with Crippen LogP contribution in [0.1, 0.15) is 10.4 Å². The maximum Gasteiger partial charge on any atom is 0.255 e. The zero-order valence-corrected chi connectivity index (χ0v) is 13.8. The summed E-state index contributed by atoms with van der Waals surface area (Å²) in [5.74, 6) is -0.0878. The number of hydrogen-bond acceptors (Lipinski definition) is 4. The number of anilines is 2. The number of nitrogens with zero attached hydrogens (tertiary/aromatic N) is 3. The molecule has 0 atom stereocenters. The molecular formula is C17H14ClFN4O. The van der Waals surface area contributed by atoms with Crippen LogP contribution in [0.25, 0.3) is 10.9 Å². The Bertz CT molecular complexity index is 930. The molecule has 0 unspecified atom stereocenters. The van der Waals surface area contributed by atoms with E-state index in [1.807, 2.05) is 19.0 Å². The molecule has 3 aromatic rings. The van der Waals surface area contributed by atoms with Crippen LogP contribution in [-0.2, 0) is 0 Å². The Morgan fingerprint density at radius 1 is 1.17 bits per heavy atom. The first kappa shape index (κ1) is 16.1. The van der Waals surface area contributed by atoms with E-state index in [1.54, 1.807) is 18.2 Å². The van der Waals surface area contributed by atoms with Crippen molar-refractivity contribution in [2.75, 3.05) is 24.3 Å². The molecular weight excluding hydrogens is 331 g/mol. The van der Waals surface area contributed by atoms with E-state index in [-0.39, 0.29) is 10.9 Å². The van der Waals surface area contributed by atoms with E-state index in [1.165, 1.54) is 24.5 Å².